The molecule has 0 spiro atoms. The number of nitrogens with two attached hydrogens (primary N) is 1. The molecule has 136 valence electrons. The van der Waals surface area contributed by atoms with Crippen molar-refractivity contribution in [2.24, 2.45) is 5.73 Å². The lowest BCUT2D eigenvalue weighted by Gasteiger charge is -2.12. The van der Waals surface area contributed by atoms with E-state index in [1.54, 1.807) is 0 Å². The van der Waals surface area contributed by atoms with E-state index in [9.17, 15) is 4.79 Å². The van der Waals surface area contributed by atoms with Crippen LogP contribution in [0.3, 0.4) is 0 Å². The van der Waals surface area contributed by atoms with Crippen LogP contribution in [0, 0.1) is 6.92 Å². The Kier molecular flexibility index (Phi) is 4.76. The second-order valence-corrected chi connectivity index (χ2v) is 7.45. The monoisotopic (exact) mass is 356 g/mol. The van der Waals surface area contributed by atoms with Gasteiger partial charge in [0.25, 0.3) is 0 Å². The number of amides is 1. The fraction of sp³-hybridized carbons (Fsp3) is 0.250. The molecule has 27 heavy (non-hydrogen) atoms. The Labute approximate surface area is 160 Å². The molecule has 0 atom stereocenters. The number of carbonyl (C=O) groups is 1. The van der Waals surface area contributed by atoms with E-state index in [1.165, 1.54) is 39.9 Å². The van der Waals surface area contributed by atoms with Crippen LogP contribution in [0.5, 0.6) is 0 Å². The number of aromatic nitrogens is 1. The number of pyridine rings is 1. The molecule has 1 amide bonds. The Morgan fingerprint density at radius 1 is 1.04 bits per heavy atom. The van der Waals surface area contributed by atoms with Gasteiger partial charge in [-0.2, -0.15) is 0 Å². The van der Waals surface area contributed by atoms with Gasteiger partial charge in [0.15, 0.2) is 0 Å². The highest BCUT2D eigenvalue weighted by Crippen LogP contribution is 2.30. The average molecular weight is 356 g/mol. The lowest BCUT2D eigenvalue weighted by molar-refractivity contribution is -0.117. The number of aryl methyl sites for hydroxylation is 2. The number of benzene rings is 2. The van der Waals surface area contributed by atoms with Crippen molar-refractivity contribution in [1.29, 1.82) is 0 Å². The van der Waals surface area contributed by atoms with Crippen LogP contribution < -0.4 is 5.73 Å². The van der Waals surface area contributed by atoms with Crippen molar-refractivity contribution < 1.29 is 4.79 Å². The van der Waals surface area contributed by atoms with Crippen LogP contribution >= 0.6 is 0 Å². The van der Waals surface area contributed by atoms with E-state index in [1.807, 2.05) is 12.1 Å². The molecule has 0 unspecified atom stereocenters. The molecule has 1 heterocycles. The minimum Gasteiger partial charge on any atom is -0.369 e. The molecule has 3 heteroatoms. The first kappa shape index (κ1) is 17.5. The molecule has 0 radical (unpaired) electrons. The molecule has 1 aliphatic carbocycles. The fourth-order valence-electron chi connectivity index (χ4n) is 3.93. The van der Waals surface area contributed by atoms with E-state index in [2.05, 4.69) is 49.4 Å². The van der Waals surface area contributed by atoms with Crippen LogP contribution in [0.1, 0.15) is 39.9 Å². The SMILES string of the molecule is Cc1cccc(-c2cc(Cc3ccc(CC(N)=O)cc3)c3c(n2)CCC3)c1. The van der Waals surface area contributed by atoms with Gasteiger partial charge >= 0.3 is 0 Å². The molecule has 0 saturated heterocycles. The number of primary amides is 1. The highest BCUT2D eigenvalue weighted by molar-refractivity contribution is 5.76. The van der Waals surface area contributed by atoms with Gasteiger partial charge in [0, 0.05) is 11.3 Å². The topological polar surface area (TPSA) is 56.0 Å². The van der Waals surface area contributed by atoms with Gasteiger partial charge in [-0.05, 0) is 67.0 Å². The first-order chi connectivity index (χ1) is 13.1. The van der Waals surface area contributed by atoms with Crippen molar-refractivity contribution in [3.05, 3.63) is 88.1 Å². The third-order valence-electron chi connectivity index (χ3n) is 5.25. The fourth-order valence-corrected chi connectivity index (χ4v) is 3.93. The summed E-state index contributed by atoms with van der Waals surface area (Å²) in [6.45, 7) is 2.12. The van der Waals surface area contributed by atoms with E-state index in [-0.39, 0.29) is 5.91 Å². The molecular weight excluding hydrogens is 332 g/mol. The predicted molar refractivity (Wildman–Crippen MR) is 109 cm³/mol. The summed E-state index contributed by atoms with van der Waals surface area (Å²) in [6, 6.07) is 19.0. The minimum absolute atomic E-state index is 0.294. The summed E-state index contributed by atoms with van der Waals surface area (Å²) in [7, 11) is 0. The Hall–Kier alpha value is -2.94. The van der Waals surface area contributed by atoms with Crippen molar-refractivity contribution in [2.45, 2.75) is 39.0 Å². The van der Waals surface area contributed by atoms with E-state index < -0.39 is 0 Å². The number of hydrogen-bond acceptors (Lipinski definition) is 2. The smallest absolute Gasteiger partial charge is 0.221 e. The molecule has 0 aliphatic heterocycles. The maximum absolute atomic E-state index is 11.1. The molecule has 2 N–H and O–H groups in total. The third kappa shape index (κ3) is 3.92. The summed E-state index contributed by atoms with van der Waals surface area (Å²) in [5.74, 6) is -0.294. The van der Waals surface area contributed by atoms with Crippen molar-refractivity contribution in [3.63, 3.8) is 0 Å². The molecular formula is C24H24N2O. The second-order valence-electron chi connectivity index (χ2n) is 7.45. The largest absolute Gasteiger partial charge is 0.369 e. The molecule has 3 nitrogen and oxygen atoms in total. The van der Waals surface area contributed by atoms with Crippen LogP contribution in [0.2, 0.25) is 0 Å². The Morgan fingerprint density at radius 3 is 2.56 bits per heavy atom. The van der Waals surface area contributed by atoms with Gasteiger partial charge in [-0.25, -0.2) is 0 Å². The zero-order valence-corrected chi connectivity index (χ0v) is 15.7. The Bertz CT molecular complexity index is 990. The van der Waals surface area contributed by atoms with E-state index >= 15 is 0 Å². The minimum atomic E-state index is -0.294. The molecule has 0 bridgehead atoms. The summed E-state index contributed by atoms with van der Waals surface area (Å²) < 4.78 is 0. The maximum Gasteiger partial charge on any atom is 0.221 e. The van der Waals surface area contributed by atoms with Gasteiger partial charge in [-0.3, -0.25) is 9.78 Å². The van der Waals surface area contributed by atoms with Crippen LogP contribution in [-0.4, -0.2) is 10.9 Å². The third-order valence-corrected chi connectivity index (χ3v) is 5.25. The molecule has 2 aromatic carbocycles. The number of rotatable bonds is 5. The summed E-state index contributed by atoms with van der Waals surface area (Å²) in [5, 5.41) is 0. The Morgan fingerprint density at radius 2 is 1.81 bits per heavy atom. The summed E-state index contributed by atoms with van der Waals surface area (Å²) in [6.07, 6.45) is 4.55. The highest BCUT2D eigenvalue weighted by Gasteiger charge is 2.18. The quantitative estimate of drug-likeness (QED) is 0.746. The summed E-state index contributed by atoms with van der Waals surface area (Å²) in [5.41, 5.74) is 15.1. The van der Waals surface area contributed by atoms with E-state index in [4.69, 9.17) is 10.7 Å². The van der Waals surface area contributed by atoms with Crippen LogP contribution in [-0.2, 0) is 30.5 Å². The predicted octanol–water partition coefficient (Wildman–Crippen LogP) is 4.16. The standard InChI is InChI=1S/C24H24N2O/c1-16-4-2-5-19(12-16)23-15-20(21-6-3-7-22(21)26-23)13-17-8-10-18(11-9-17)14-24(25)27/h2,4-5,8-12,15H,3,6-7,13-14H2,1H3,(H2,25,27). The zero-order chi connectivity index (χ0) is 18.8. The number of carbonyl (C=O) groups excluding carboxylic acids is 1. The van der Waals surface area contributed by atoms with Crippen molar-refractivity contribution in [1.82, 2.24) is 4.98 Å². The van der Waals surface area contributed by atoms with Gasteiger partial charge in [-0.15, -0.1) is 0 Å². The summed E-state index contributed by atoms with van der Waals surface area (Å²) in [4.78, 5) is 16.0. The number of nitrogens with zero attached hydrogens (tertiary/aromatic N) is 1. The molecule has 3 aromatic rings. The van der Waals surface area contributed by atoms with Crippen LogP contribution in [0.4, 0.5) is 0 Å². The second kappa shape index (κ2) is 7.36. The van der Waals surface area contributed by atoms with Gasteiger partial charge in [-0.1, -0.05) is 48.0 Å². The molecule has 4 rings (SSSR count). The maximum atomic E-state index is 11.1. The number of hydrogen-bond donors (Lipinski definition) is 1. The normalized spacial score (nSPS) is 12.8. The molecule has 0 saturated carbocycles. The van der Waals surface area contributed by atoms with Gasteiger partial charge in [0.2, 0.25) is 5.91 Å². The lowest BCUT2D eigenvalue weighted by atomic mass is 9.96. The van der Waals surface area contributed by atoms with Crippen molar-refractivity contribution in [3.8, 4) is 11.3 Å². The first-order valence-electron chi connectivity index (χ1n) is 9.53. The molecule has 0 fully saturated rings. The molecule has 1 aromatic heterocycles. The first-order valence-corrected chi connectivity index (χ1v) is 9.53. The lowest BCUT2D eigenvalue weighted by Crippen LogP contribution is -2.13. The summed E-state index contributed by atoms with van der Waals surface area (Å²) >= 11 is 0. The van der Waals surface area contributed by atoms with Gasteiger partial charge in [0.05, 0.1) is 12.1 Å². The zero-order valence-electron chi connectivity index (χ0n) is 15.7. The van der Waals surface area contributed by atoms with Crippen LogP contribution in [0.25, 0.3) is 11.3 Å². The van der Waals surface area contributed by atoms with Gasteiger partial charge in [0.1, 0.15) is 0 Å². The molecule has 1 aliphatic rings. The highest BCUT2D eigenvalue weighted by atomic mass is 16.1. The van der Waals surface area contributed by atoms with Crippen LogP contribution in [0.15, 0.2) is 54.6 Å². The van der Waals surface area contributed by atoms with Gasteiger partial charge < -0.3 is 5.73 Å². The average Bonchev–Trinajstić information content (AvgIpc) is 3.12. The Balaban J connectivity index is 1.67. The van der Waals surface area contributed by atoms with E-state index in [0.29, 0.717) is 6.42 Å². The van der Waals surface area contributed by atoms with Crippen molar-refractivity contribution >= 4 is 5.91 Å². The number of fused-ring (bicyclic) bond motifs is 1. The van der Waals surface area contributed by atoms with Crippen molar-refractivity contribution in [2.75, 3.05) is 0 Å². The van der Waals surface area contributed by atoms with E-state index in [0.717, 1.165) is 30.5 Å².